The summed E-state index contributed by atoms with van der Waals surface area (Å²) in [5.41, 5.74) is 4.06. The van der Waals surface area contributed by atoms with Crippen molar-refractivity contribution in [2.75, 3.05) is 13.7 Å². The van der Waals surface area contributed by atoms with Crippen LogP contribution in [0.3, 0.4) is 0 Å². The van der Waals surface area contributed by atoms with E-state index in [-0.39, 0.29) is 12.2 Å². The minimum absolute atomic E-state index is 0.209. The van der Waals surface area contributed by atoms with E-state index < -0.39 is 12.0 Å². The van der Waals surface area contributed by atoms with Gasteiger partial charge in [0, 0.05) is 10.0 Å². The average Bonchev–Trinajstić information content (AvgIpc) is 3.27. The maximum absolute atomic E-state index is 14.0. The first-order valence-electron chi connectivity index (χ1n) is 13.1. The predicted molar refractivity (Wildman–Crippen MR) is 163 cm³/mol. The number of thiazole rings is 1. The van der Waals surface area contributed by atoms with Gasteiger partial charge in [0.15, 0.2) is 4.80 Å². The van der Waals surface area contributed by atoms with Crippen molar-refractivity contribution in [1.82, 2.24) is 4.57 Å². The Kier molecular flexibility index (Phi) is 8.56. The summed E-state index contributed by atoms with van der Waals surface area (Å²) in [6.07, 6.45) is 1.82. The zero-order chi connectivity index (χ0) is 29.1. The molecule has 0 saturated carbocycles. The van der Waals surface area contributed by atoms with Crippen molar-refractivity contribution in [2.24, 2.45) is 4.99 Å². The van der Waals surface area contributed by atoms with Gasteiger partial charge in [0.2, 0.25) is 0 Å². The second-order valence-corrected chi connectivity index (χ2v) is 11.4. The second-order valence-electron chi connectivity index (χ2n) is 9.48. The molecule has 1 unspecified atom stereocenters. The normalized spacial score (nSPS) is 14.9. The van der Waals surface area contributed by atoms with Crippen molar-refractivity contribution in [3.05, 3.63) is 124 Å². The van der Waals surface area contributed by atoms with E-state index in [1.165, 1.54) is 11.3 Å². The number of aromatic nitrogens is 1. The molecule has 1 atom stereocenters. The van der Waals surface area contributed by atoms with Gasteiger partial charge < -0.3 is 14.2 Å². The quantitative estimate of drug-likeness (QED) is 0.241. The summed E-state index contributed by atoms with van der Waals surface area (Å²) in [4.78, 5) is 32.4. The average molecular weight is 634 g/mol. The van der Waals surface area contributed by atoms with E-state index in [4.69, 9.17) is 14.2 Å². The van der Waals surface area contributed by atoms with Gasteiger partial charge in [-0.05, 0) is 67.8 Å². The summed E-state index contributed by atoms with van der Waals surface area (Å²) < 4.78 is 20.2. The molecule has 210 valence electrons. The maximum Gasteiger partial charge on any atom is 0.338 e. The van der Waals surface area contributed by atoms with Crippen molar-refractivity contribution >= 4 is 39.3 Å². The smallest absolute Gasteiger partial charge is 0.338 e. The number of ether oxygens (including phenoxy) is 3. The van der Waals surface area contributed by atoms with Crippen LogP contribution in [-0.2, 0) is 16.1 Å². The molecule has 0 saturated heterocycles. The molecule has 0 spiro atoms. The van der Waals surface area contributed by atoms with E-state index in [0.717, 1.165) is 26.7 Å². The highest BCUT2D eigenvalue weighted by Crippen LogP contribution is 2.33. The van der Waals surface area contributed by atoms with Crippen molar-refractivity contribution < 1.29 is 19.0 Å². The van der Waals surface area contributed by atoms with E-state index in [0.29, 0.717) is 38.7 Å². The third kappa shape index (κ3) is 5.92. The van der Waals surface area contributed by atoms with Gasteiger partial charge >= 0.3 is 5.97 Å². The summed E-state index contributed by atoms with van der Waals surface area (Å²) >= 11 is 4.73. The molecule has 5 rings (SSSR count). The molecular formula is C32H29BrN2O5S. The number of hydrogen-bond donors (Lipinski definition) is 0. The molecular weight excluding hydrogens is 604 g/mol. The molecule has 0 N–H and O–H groups in total. The van der Waals surface area contributed by atoms with Gasteiger partial charge in [0.1, 0.15) is 18.1 Å². The molecule has 0 amide bonds. The van der Waals surface area contributed by atoms with Gasteiger partial charge in [-0.1, -0.05) is 69.7 Å². The van der Waals surface area contributed by atoms with Gasteiger partial charge in [-0.25, -0.2) is 9.79 Å². The minimum Gasteiger partial charge on any atom is -0.496 e. The highest BCUT2D eigenvalue weighted by Gasteiger charge is 2.33. The fourth-order valence-corrected chi connectivity index (χ4v) is 6.03. The van der Waals surface area contributed by atoms with Gasteiger partial charge in [-0.15, -0.1) is 0 Å². The van der Waals surface area contributed by atoms with Crippen molar-refractivity contribution in [2.45, 2.75) is 33.4 Å². The molecule has 0 bridgehead atoms. The lowest BCUT2D eigenvalue weighted by atomic mass is 9.95. The number of carbonyl (C=O) groups excluding carboxylic acids is 1. The van der Waals surface area contributed by atoms with Crippen LogP contribution in [-0.4, -0.2) is 24.3 Å². The minimum atomic E-state index is -0.717. The Labute approximate surface area is 250 Å². The van der Waals surface area contributed by atoms with E-state index >= 15 is 0 Å². The number of methoxy groups -OCH3 is 1. The first-order valence-corrected chi connectivity index (χ1v) is 14.7. The Balaban J connectivity index is 1.61. The second kappa shape index (κ2) is 12.3. The van der Waals surface area contributed by atoms with Crippen LogP contribution >= 0.6 is 27.3 Å². The molecule has 4 aromatic rings. The number of fused-ring (bicyclic) bond motifs is 1. The van der Waals surface area contributed by atoms with Gasteiger partial charge in [-0.3, -0.25) is 9.36 Å². The van der Waals surface area contributed by atoms with Crippen LogP contribution in [0.4, 0.5) is 0 Å². The lowest BCUT2D eigenvalue weighted by molar-refractivity contribution is -0.139. The Morgan fingerprint density at radius 2 is 1.83 bits per heavy atom. The molecule has 2 heterocycles. The topological polar surface area (TPSA) is 79.1 Å². The molecule has 1 aliphatic heterocycles. The van der Waals surface area contributed by atoms with Gasteiger partial charge in [0.25, 0.3) is 5.56 Å². The molecule has 3 aromatic carbocycles. The predicted octanol–water partition coefficient (Wildman–Crippen LogP) is 5.46. The lowest BCUT2D eigenvalue weighted by Gasteiger charge is -2.25. The highest BCUT2D eigenvalue weighted by molar-refractivity contribution is 9.10. The number of aryl methyl sites for hydroxylation is 1. The molecule has 9 heteroatoms. The van der Waals surface area contributed by atoms with E-state index in [9.17, 15) is 9.59 Å². The van der Waals surface area contributed by atoms with Crippen molar-refractivity contribution in [1.29, 1.82) is 0 Å². The number of hydrogen-bond acceptors (Lipinski definition) is 7. The zero-order valence-corrected chi connectivity index (χ0v) is 25.5. The standard InChI is InChI=1S/C32H29BrN2O5S/c1-5-39-31(37)28-20(3)34-32-35(29(28)23-13-10-19(2)26(16-23)38-4)30(36)27(41-32)17-22-8-6-7-9-25(22)40-18-21-11-14-24(33)15-12-21/h6-17,29H,5,18H2,1-4H3/b27-17-. The summed E-state index contributed by atoms with van der Waals surface area (Å²) in [7, 11) is 1.60. The molecule has 0 radical (unpaired) electrons. The molecule has 41 heavy (non-hydrogen) atoms. The SMILES string of the molecule is CCOC(=O)C1=C(C)N=c2s/c(=C\c3ccccc3OCc3ccc(Br)cc3)c(=O)n2C1c1ccc(C)c(OC)c1. The Hall–Kier alpha value is -3.95. The Morgan fingerprint density at radius 3 is 2.56 bits per heavy atom. The number of allylic oxidation sites excluding steroid dienone is 1. The first kappa shape index (κ1) is 28.6. The lowest BCUT2D eigenvalue weighted by Crippen LogP contribution is -2.40. The maximum atomic E-state index is 14.0. The number of carbonyl (C=O) groups is 1. The third-order valence-electron chi connectivity index (χ3n) is 6.78. The number of para-hydroxylation sites is 1. The summed E-state index contributed by atoms with van der Waals surface area (Å²) in [5.74, 6) is 0.822. The molecule has 0 fully saturated rings. The van der Waals surface area contributed by atoms with Crippen LogP contribution < -0.4 is 24.4 Å². The zero-order valence-electron chi connectivity index (χ0n) is 23.1. The number of halogens is 1. The molecule has 1 aliphatic rings. The van der Waals surface area contributed by atoms with Crippen LogP contribution in [0.2, 0.25) is 0 Å². The third-order valence-corrected chi connectivity index (χ3v) is 8.29. The van der Waals surface area contributed by atoms with E-state index in [1.807, 2.05) is 79.7 Å². The van der Waals surface area contributed by atoms with E-state index in [2.05, 4.69) is 20.9 Å². The van der Waals surface area contributed by atoms with E-state index in [1.54, 1.807) is 25.5 Å². The monoisotopic (exact) mass is 632 g/mol. The Morgan fingerprint density at radius 1 is 1.07 bits per heavy atom. The number of nitrogens with zero attached hydrogens (tertiary/aromatic N) is 2. The van der Waals surface area contributed by atoms with Crippen LogP contribution in [0.5, 0.6) is 11.5 Å². The van der Waals surface area contributed by atoms with Crippen molar-refractivity contribution in [3.8, 4) is 11.5 Å². The summed E-state index contributed by atoms with van der Waals surface area (Å²) in [6.45, 7) is 6.06. The number of benzene rings is 3. The molecule has 1 aromatic heterocycles. The number of rotatable bonds is 8. The molecule has 7 nitrogen and oxygen atoms in total. The van der Waals surface area contributed by atoms with Crippen LogP contribution in [0, 0.1) is 6.92 Å². The van der Waals surface area contributed by atoms with Crippen molar-refractivity contribution in [3.63, 3.8) is 0 Å². The van der Waals surface area contributed by atoms with Crippen LogP contribution in [0.15, 0.2) is 92.3 Å². The fraction of sp³-hybridized carbons (Fsp3) is 0.219. The summed E-state index contributed by atoms with van der Waals surface area (Å²) in [5, 5.41) is 0. The van der Waals surface area contributed by atoms with Gasteiger partial charge in [-0.2, -0.15) is 0 Å². The Bertz CT molecular complexity index is 1820. The fourth-order valence-electron chi connectivity index (χ4n) is 4.73. The largest absolute Gasteiger partial charge is 0.496 e. The first-order chi connectivity index (χ1) is 19.8. The summed E-state index contributed by atoms with van der Waals surface area (Å²) in [6, 6.07) is 20.5. The van der Waals surface area contributed by atoms with Crippen LogP contribution in [0.1, 0.15) is 42.1 Å². The highest BCUT2D eigenvalue weighted by atomic mass is 79.9. The van der Waals surface area contributed by atoms with Crippen LogP contribution in [0.25, 0.3) is 6.08 Å². The molecule has 0 aliphatic carbocycles. The number of esters is 1. The van der Waals surface area contributed by atoms with Gasteiger partial charge in [0.05, 0.1) is 35.6 Å².